The number of esters is 1. The molecule has 0 aliphatic heterocycles. The maximum Gasteiger partial charge on any atom is 0.321 e. The van der Waals surface area contributed by atoms with E-state index < -0.39 is 5.41 Å². The van der Waals surface area contributed by atoms with E-state index in [1.54, 1.807) is 0 Å². The average molecular weight is 340 g/mol. The summed E-state index contributed by atoms with van der Waals surface area (Å²) < 4.78 is 4.94. The van der Waals surface area contributed by atoms with Crippen molar-refractivity contribution in [3.8, 4) is 0 Å². The van der Waals surface area contributed by atoms with Crippen LogP contribution in [-0.2, 0) is 20.7 Å². The van der Waals surface area contributed by atoms with E-state index in [4.69, 9.17) is 4.74 Å². The molecule has 0 saturated heterocycles. The lowest BCUT2D eigenvalue weighted by Gasteiger charge is -2.58. The third-order valence-corrected chi connectivity index (χ3v) is 6.04. The molecular formula is C20H24N2O3. The van der Waals surface area contributed by atoms with Crippen molar-refractivity contribution in [1.82, 2.24) is 10.3 Å². The number of hydrogen-bond acceptors (Lipinski definition) is 3. The number of aromatic nitrogens is 1. The van der Waals surface area contributed by atoms with Crippen LogP contribution in [0.3, 0.4) is 0 Å². The first kappa shape index (κ1) is 16.2. The van der Waals surface area contributed by atoms with Gasteiger partial charge in [0.1, 0.15) is 5.41 Å². The van der Waals surface area contributed by atoms with E-state index in [9.17, 15) is 9.59 Å². The van der Waals surface area contributed by atoms with Crippen molar-refractivity contribution in [2.75, 3.05) is 13.7 Å². The minimum Gasteiger partial charge on any atom is -0.468 e. The Kier molecular flexibility index (Phi) is 3.82. The van der Waals surface area contributed by atoms with Gasteiger partial charge >= 0.3 is 5.97 Å². The minimum atomic E-state index is -0.963. The topological polar surface area (TPSA) is 71.2 Å². The summed E-state index contributed by atoms with van der Waals surface area (Å²) in [5, 5.41) is 4.13. The number of H-pyrrole nitrogens is 1. The molecule has 2 saturated carbocycles. The van der Waals surface area contributed by atoms with Crippen LogP contribution in [0.4, 0.5) is 0 Å². The monoisotopic (exact) mass is 340 g/mol. The number of methoxy groups -OCH3 is 1. The van der Waals surface area contributed by atoms with Gasteiger partial charge in [-0.3, -0.25) is 9.59 Å². The molecule has 132 valence electrons. The first-order chi connectivity index (χ1) is 12.1. The van der Waals surface area contributed by atoms with E-state index in [-0.39, 0.29) is 17.3 Å². The van der Waals surface area contributed by atoms with E-state index >= 15 is 0 Å². The number of rotatable bonds is 5. The molecule has 1 spiro atoms. The third kappa shape index (κ3) is 2.62. The molecule has 1 aromatic carbocycles. The fourth-order valence-corrected chi connectivity index (χ4v) is 4.60. The first-order valence-corrected chi connectivity index (χ1v) is 9.00. The summed E-state index contributed by atoms with van der Waals surface area (Å²) in [5.41, 5.74) is 1.44. The molecular weight excluding hydrogens is 316 g/mol. The van der Waals surface area contributed by atoms with Crippen LogP contribution < -0.4 is 5.32 Å². The largest absolute Gasteiger partial charge is 0.468 e. The van der Waals surface area contributed by atoms with Gasteiger partial charge in [0, 0.05) is 24.2 Å². The number of carbonyl (C=O) groups is 2. The van der Waals surface area contributed by atoms with Crippen LogP contribution in [0.15, 0.2) is 30.3 Å². The number of carbonyl (C=O) groups excluding carboxylic acids is 2. The average Bonchev–Trinajstić information content (AvgIpc) is 2.95. The smallest absolute Gasteiger partial charge is 0.321 e. The molecule has 2 aromatic rings. The maximum atomic E-state index is 12.7. The van der Waals surface area contributed by atoms with Crippen molar-refractivity contribution in [2.45, 2.75) is 38.5 Å². The predicted molar refractivity (Wildman–Crippen MR) is 95.0 cm³/mol. The summed E-state index contributed by atoms with van der Waals surface area (Å²) in [6, 6.07) is 10.2. The molecule has 2 aliphatic rings. The van der Waals surface area contributed by atoms with Crippen molar-refractivity contribution >= 4 is 22.8 Å². The minimum absolute atomic E-state index is 0.173. The second kappa shape index (κ2) is 5.90. The lowest BCUT2D eigenvalue weighted by Crippen LogP contribution is -2.61. The van der Waals surface area contributed by atoms with Gasteiger partial charge in [-0.2, -0.15) is 0 Å². The highest BCUT2D eigenvalue weighted by molar-refractivity contribution is 6.04. The van der Waals surface area contributed by atoms with Crippen molar-refractivity contribution in [3.63, 3.8) is 0 Å². The van der Waals surface area contributed by atoms with E-state index in [2.05, 4.69) is 22.4 Å². The number of benzene rings is 1. The SMILES string of the molecule is COC(=O)C1(C(=O)NCCc2cc3ccccc3[nH]2)CC2(CCC2)C1. The number of nitrogens with one attached hydrogen (secondary N) is 2. The highest BCUT2D eigenvalue weighted by Gasteiger charge is 2.65. The van der Waals surface area contributed by atoms with Crippen molar-refractivity contribution < 1.29 is 14.3 Å². The second-order valence-corrected chi connectivity index (χ2v) is 7.67. The van der Waals surface area contributed by atoms with Crippen LogP contribution in [0.2, 0.25) is 0 Å². The summed E-state index contributed by atoms with van der Waals surface area (Å²) in [4.78, 5) is 28.3. The van der Waals surface area contributed by atoms with Crippen molar-refractivity contribution in [3.05, 3.63) is 36.0 Å². The lowest BCUT2D eigenvalue weighted by molar-refractivity contribution is -0.183. The van der Waals surface area contributed by atoms with Gasteiger partial charge in [0.15, 0.2) is 0 Å². The molecule has 0 unspecified atom stereocenters. The normalized spacial score (nSPS) is 19.9. The second-order valence-electron chi connectivity index (χ2n) is 7.67. The van der Waals surface area contributed by atoms with Gasteiger partial charge < -0.3 is 15.0 Å². The highest BCUT2D eigenvalue weighted by Crippen LogP contribution is 2.64. The summed E-state index contributed by atoms with van der Waals surface area (Å²) in [6.07, 6.45) is 5.47. The van der Waals surface area contributed by atoms with E-state index in [1.807, 2.05) is 18.2 Å². The Morgan fingerprint density at radius 2 is 2.00 bits per heavy atom. The maximum absolute atomic E-state index is 12.7. The Bertz CT molecular complexity index is 778. The molecule has 0 bridgehead atoms. The molecule has 2 aliphatic carbocycles. The Balaban J connectivity index is 1.37. The molecule has 2 N–H and O–H groups in total. The molecule has 0 atom stereocenters. The molecule has 0 radical (unpaired) electrons. The number of hydrogen-bond donors (Lipinski definition) is 2. The van der Waals surface area contributed by atoms with Crippen molar-refractivity contribution in [2.24, 2.45) is 10.8 Å². The molecule has 1 amide bonds. The van der Waals surface area contributed by atoms with Gasteiger partial charge in [-0.25, -0.2) is 0 Å². The van der Waals surface area contributed by atoms with Gasteiger partial charge in [0.2, 0.25) is 5.91 Å². The van der Waals surface area contributed by atoms with E-state index in [1.165, 1.54) is 18.9 Å². The first-order valence-electron chi connectivity index (χ1n) is 9.00. The number of amides is 1. The zero-order valence-corrected chi connectivity index (χ0v) is 14.6. The van der Waals surface area contributed by atoms with E-state index in [0.717, 1.165) is 24.1 Å². The fourth-order valence-electron chi connectivity index (χ4n) is 4.60. The van der Waals surface area contributed by atoms with Gasteiger partial charge in [-0.05, 0) is 48.6 Å². The number of ether oxygens (including phenoxy) is 1. The number of fused-ring (bicyclic) bond motifs is 1. The lowest BCUT2D eigenvalue weighted by atomic mass is 9.45. The Morgan fingerprint density at radius 3 is 2.64 bits per heavy atom. The summed E-state index contributed by atoms with van der Waals surface area (Å²) in [5.74, 6) is -0.555. The van der Waals surface area contributed by atoms with Crippen LogP contribution in [-0.4, -0.2) is 30.5 Å². The molecule has 25 heavy (non-hydrogen) atoms. The van der Waals surface area contributed by atoms with Gasteiger partial charge in [0.05, 0.1) is 7.11 Å². The quantitative estimate of drug-likeness (QED) is 0.649. The molecule has 1 heterocycles. The Labute approximate surface area is 147 Å². The fraction of sp³-hybridized carbons (Fsp3) is 0.500. The molecule has 4 rings (SSSR count). The van der Waals surface area contributed by atoms with Crippen molar-refractivity contribution in [1.29, 1.82) is 0 Å². The van der Waals surface area contributed by atoms with Gasteiger partial charge in [-0.1, -0.05) is 24.6 Å². The predicted octanol–water partition coefficient (Wildman–Crippen LogP) is 2.95. The van der Waals surface area contributed by atoms with Crippen LogP contribution in [0.1, 0.15) is 37.8 Å². The third-order valence-electron chi connectivity index (χ3n) is 6.04. The summed E-state index contributed by atoms with van der Waals surface area (Å²) >= 11 is 0. The molecule has 5 heteroatoms. The number of aromatic amines is 1. The van der Waals surface area contributed by atoms with Crippen LogP contribution >= 0.6 is 0 Å². The molecule has 1 aromatic heterocycles. The zero-order chi connectivity index (χ0) is 17.5. The molecule has 2 fully saturated rings. The summed E-state index contributed by atoms with van der Waals surface area (Å²) in [7, 11) is 1.37. The van der Waals surface area contributed by atoms with Crippen LogP contribution in [0.25, 0.3) is 10.9 Å². The molecule has 5 nitrogen and oxygen atoms in total. The number of para-hydroxylation sites is 1. The summed E-state index contributed by atoms with van der Waals surface area (Å²) in [6.45, 7) is 0.511. The van der Waals surface area contributed by atoms with Crippen LogP contribution in [0, 0.1) is 10.8 Å². The van der Waals surface area contributed by atoms with Gasteiger partial charge in [0.25, 0.3) is 0 Å². The Hall–Kier alpha value is -2.30. The highest BCUT2D eigenvalue weighted by atomic mass is 16.5. The standard InChI is InChI=1S/C20H24N2O3/c1-25-18(24)20(12-19(13-20)8-4-9-19)17(23)21-10-7-15-11-14-5-2-3-6-16(14)22-15/h2-3,5-6,11,22H,4,7-10,12-13H2,1H3,(H,21,23). The Morgan fingerprint density at radius 1 is 1.24 bits per heavy atom. The van der Waals surface area contributed by atoms with Gasteiger partial charge in [-0.15, -0.1) is 0 Å². The van der Waals surface area contributed by atoms with E-state index in [0.29, 0.717) is 25.8 Å². The van der Waals surface area contributed by atoms with Crippen LogP contribution in [0.5, 0.6) is 0 Å². The zero-order valence-electron chi connectivity index (χ0n) is 14.6.